The molecule has 0 bridgehead atoms. The van der Waals surface area contributed by atoms with Gasteiger partial charge in [0.05, 0.1) is 25.7 Å². The lowest BCUT2D eigenvalue weighted by molar-refractivity contribution is -0.154. The molecule has 2 rings (SSSR count). The summed E-state index contributed by atoms with van der Waals surface area (Å²) in [6, 6.07) is 9.97. The molecule has 1 atom stereocenters. The lowest BCUT2D eigenvalue weighted by atomic mass is 10.0. The average molecular weight is 426 g/mol. The van der Waals surface area contributed by atoms with Gasteiger partial charge in [-0.2, -0.15) is 0 Å². The first-order valence-electron chi connectivity index (χ1n) is 10.0. The summed E-state index contributed by atoms with van der Waals surface area (Å²) >= 11 is 0. The van der Waals surface area contributed by atoms with Crippen molar-refractivity contribution in [3.8, 4) is 11.3 Å². The van der Waals surface area contributed by atoms with Gasteiger partial charge in [0.1, 0.15) is 5.76 Å². The predicted molar refractivity (Wildman–Crippen MR) is 113 cm³/mol. The van der Waals surface area contributed by atoms with E-state index in [1.54, 1.807) is 30.3 Å². The van der Waals surface area contributed by atoms with Crippen LogP contribution in [0, 0.1) is 12.5 Å². The number of benzene rings is 1. The second kappa shape index (κ2) is 12.1. The summed E-state index contributed by atoms with van der Waals surface area (Å²) < 4.78 is 5.56. The molecule has 1 aromatic heterocycles. The Morgan fingerprint density at radius 2 is 1.94 bits per heavy atom. The van der Waals surface area contributed by atoms with Crippen LogP contribution in [0.25, 0.3) is 16.2 Å². The zero-order valence-electron chi connectivity index (χ0n) is 17.3. The number of furan rings is 1. The maximum absolute atomic E-state index is 12.4. The Morgan fingerprint density at radius 3 is 2.58 bits per heavy atom. The highest BCUT2D eigenvalue weighted by atomic mass is 16.5. The van der Waals surface area contributed by atoms with E-state index in [-0.39, 0.29) is 31.3 Å². The quantitative estimate of drug-likeness (QED) is 0.120. The van der Waals surface area contributed by atoms with E-state index in [4.69, 9.17) is 11.0 Å². The van der Waals surface area contributed by atoms with Crippen LogP contribution in [0.15, 0.2) is 40.8 Å². The van der Waals surface area contributed by atoms with Crippen LogP contribution in [0.3, 0.4) is 0 Å². The van der Waals surface area contributed by atoms with Crippen LogP contribution >= 0.6 is 0 Å². The molecule has 0 spiro atoms. The Kier molecular flexibility index (Phi) is 9.26. The van der Waals surface area contributed by atoms with Crippen molar-refractivity contribution >= 4 is 23.9 Å². The Balaban J connectivity index is 1.88. The molecule has 0 unspecified atom stereocenters. The van der Waals surface area contributed by atoms with Gasteiger partial charge in [-0.3, -0.25) is 19.6 Å². The highest BCUT2D eigenvalue weighted by Crippen LogP contribution is 2.24. The standard InChI is InChI=1S/C22H26N4O5/c1-3-4-5-6-17(13-26(30)15-27)21(28)24-14-25-22(29)20-12-11-19(31-20)16-7-9-18(23-2)10-8-16/h7-12,15,17,30H,3-6,13-14H2,1H3,(H,24,28)(H,25,29)/t17-/m1/s1. The minimum absolute atomic E-state index is 0.0838. The first kappa shape index (κ1) is 23.6. The summed E-state index contributed by atoms with van der Waals surface area (Å²) in [5.41, 5.74) is 1.24. The molecule has 0 fully saturated rings. The zero-order chi connectivity index (χ0) is 22.6. The normalized spacial score (nSPS) is 11.3. The van der Waals surface area contributed by atoms with Gasteiger partial charge in [-0.15, -0.1) is 0 Å². The summed E-state index contributed by atoms with van der Waals surface area (Å²) in [7, 11) is 0. The average Bonchev–Trinajstić information content (AvgIpc) is 3.28. The van der Waals surface area contributed by atoms with Gasteiger partial charge in [0.2, 0.25) is 12.3 Å². The van der Waals surface area contributed by atoms with Crippen molar-refractivity contribution in [1.29, 1.82) is 0 Å². The molecule has 164 valence electrons. The molecule has 0 aliphatic rings. The number of unbranched alkanes of at least 4 members (excludes halogenated alkanes) is 2. The summed E-state index contributed by atoms with van der Waals surface area (Å²) in [6.45, 7) is 8.78. The summed E-state index contributed by atoms with van der Waals surface area (Å²) in [6.07, 6.45) is 3.49. The van der Waals surface area contributed by atoms with Crippen molar-refractivity contribution in [2.75, 3.05) is 13.2 Å². The molecule has 0 saturated heterocycles. The Morgan fingerprint density at radius 1 is 1.19 bits per heavy atom. The molecule has 0 saturated carbocycles. The number of nitrogens with one attached hydrogen (secondary N) is 2. The van der Waals surface area contributed by atoms with Crippen molar-refractivity contribution in [2.24, 2.45) is 5.92 Å². The molecule has 3 amide bonds. The Hall–Kier alpha value is -3.64. The minimum Gasteiger partial charge on any atom is -0.451 e. The molecular formula is C22H26N4O5. The second-order valence-corrected chi connectivity index (χ2v) is 6.97. The summed E-state index contributed by atoms with van der Waals surface area (Å²) in [5.74, 6) is -0.868. The lowest BCUT2D eigenvalue weighted by Crippen LogP contribution is -2.42. The number of amides is 3. The first-order valence-corrected chi connectivity index (χ1v) is 10.0. The van der Waals surface area contributed by atoms with E-state index in [1.165, 1.54) is 6.07 Å². The number of hydrogen-bond donors (Lipinski definition) is 3. The van der Waals surface area contributed by atoms with Crippen LogP contribution in [-0.2, 0) is 9.59 Å². The number of carbonyl (C=O) groups excluding carboxylic acids is 3. The maximum atomic E-state index is 12.4. The number of rotatable bonds is 12. The SMILES string of the molecule is [C-]#[N+]c1ccc(-c2ccc(C(=O)NCNC(=O)[C@H](CCCCC)CN(O)C=O)o2)cc1. The second-order valence-electron chi connectivity index (χ2n) is 6.97. The van der Waals surface area contributed by atoms with E-state index < -0.39 is 11.8 Å². The monoisotopic (exact) mass is 426 g/mol. The van der Waals surface area contributed by atoms with Crippen molar-refractivity contribution in [2.45, 2.75) is 32.6 Å². The van der Waals surface area contributed by atoms with Gasteiger partial charge in [0, 0.05) is 5.56 Å². The largest absolute Gasteiger partial charge is 0.451 e. The molecule has 0 aliphatic heterocycles. The smallest absolute Gasteiger partial charge is 0.288 e. The van der Waals surface area contributed by atoms with Gasteiger partial charge in [0.25, 0.3) is 5.91 Å². The van der Waals surface area contributed by atoms with Gasteiger partial charge in [-0.25, -0.2) is 9.91 Å². The van der Waals surface area contributed by atoms with Crippen molar-refractivity contribution < 1.29 is 24.0 Å². The zero-order valence-corrected chi connectivity index (χ0v) is 17.3. The van der Waals surface area contributed by atoms with E-state index in [9.17, 15) is 19.6 Å². The molecule has 0 aliphatic carbocycles. The Labute approximate surface area is 180 Å². The van der Waals surface area contributed by atoms with Gasteiger partial charge in [-0.05, 0) is 18.6 Å². The summed E-state index contributed by atoms with van der Waals surface area (Å²) in [4.78, 5) is 38.7. The van der Waals surface area contributed by atoms with Crippen molar-refractivity contribution in [3.63, 3.8) is 0 Å². The molecule has 9 nitrogen and oxygen atoms in total. The molecule has 3 N–H and O–H groups in total. The lowest BCUT2D eigenvalue weighted by Gasteiger charge is -2.19. The predicted octanol–water partition coefficient (Wildman–Crippen LogP) is 3.34. The van der Waals surface area contributed by atoms with Gasteiger partial charge in [0.15, 0.2) is 11.4 Å². The van der Waals surface area contributed by atoms with E-state index >= 15 is 0 Å². The molecule has 1 aromatic carbocycles. The topological polar surface area (TPSA) is 116 Å². The number of hydrogen-bond acceptors (Lipinski definition) is 5. The van der Waals surface area contributed by atoms with Crippen LogP contribution in [-0.4, -0.2) is 41.7 Å². The number of nitrogens with zero attached hydrogens (tertiary/aromatic N) is 2. The molecule has 9 heteroatoms. The van der Waals surface area contributed by atoms with Crippen LogP contribution in [0.4, 0.5) is 5.69 Å². The van der Waals surface area contributed by atoms with E-state index in [2.05, 4.69) is 15.5 Å². The van der Waals surface area contributed by atoms with Crippen molar-refractivity contribution in [3.05, 3.63) is 53.6 Å². The third kappa shape index (κ3) is 7.28. The van der Waals surface area contributed by atoms with Gasteiger partial charge >= 0.3 is 0 Å². The van der Waals surface area contributed by atoms with Gasteiger partial charge < -0.3 is 15.1 Å². The number of carbonyl (C=O) groups is 3. The fourth-order valence-electron chi connectivity index (χ4n) is 2.97. The van der Waals surface area contributed by atoms with Crippen LogP contribution in [0.5, 0.6) is 0 Å². The fraction of sp³-hybridized carbons (Fsp3) is 0.364. The molecular weight excluding hydrogens is 400 g/mol. The first-order chi connectivity index (χ1) is 15.0. The molecule has 31 heavy (non-hydrogen) atoms. The fourth-order valence-corrected chi connectivity index (χ4v) is 2.97. The third-order valence-electron chi connectivity index (χ3n) is 4.68. The van der Waals surface area contributed by atoms with Gasteiger partial charge in [-0.1, -0.05) is 50.5 Å². The number of hydroxylamine groups is 2. The van der Waals surface area contributed by atoms with E-state index in [0.29, 0.717) is 22.9 Å². The summed E-state index contributed by atoms with van der Waals surface area (Å²) in [5, 5.41) is 15.0. The van der Waals surface area contributed by atoms with E-state index in [0.717, 1.165) is 24.8 Å². The molecule has 2 aromatic rings. The minimum atomic E-state index is -0.577. The third-order valence-corrected chi connectivity index (χ3v) is 4.68. The highest BCUT2D eigenvalue weighted by Gasteiger charge is 2.21. The molecule has 1 heterocycles. The van der Waals surface area contributed by atoms with Crippen LogP contribution < -0.4 is 10.6 Å². The maximum Gasteiger partial charge on any atom is 0.288 e. The highest BCUT2D eigenvalue weighted by molar-refractivity contribution is 5.92. The van der Waals surface area contributed by atoms with Crippen molar-refractivity contribution in [1.82, 2.24) is 15.7 Å². The van der Waals surface area contributed by atoms with E-state index in [1.807, 2.05) is 6.92 Å². The Bertz CT molecular complexity index is 917. The van der Waals surface area contributed by atoms with Crippen LogP contribution in [0.2, 0.25) is 0 Å². The molecule has 0 radical (unpaired) electrons. The van der Waals surface area contributed by atoms with Crippen LogP contribution in [0.1, 0.15) is 43.2 Å².